The summed E-state index contributed by atoms with van der Waals surface area (Å²) < 4.78 is 98.5. The van der Waals surface area contributed by atoms with Crippen LogP contribution >= 0.6 is 11.3 Å². The first-order valence-corrected chi connectivity index (χ1v) is 29.1. The van der Waals surface area contributed by atoms with Gasteiger partial charge in [-0.1, -0.05) is 103 Å². The average molecular weight is 1160 g/mol. The van der Waals surface area contributed by atoms with Gasteiger partial charge in [0, 0.05) is 13.3 Å². The molecule has 0 radical (unpaired) electrons. The van der Waals surface area contributed by atoms with Crippen molar-refractivity contribution < 1.29 is 63.8 Å². The first kappa shape index (κ1) is 58.9. The zero-order valence-corrected chi connectivity index (χ0v) is 47.8. The lowest BCUT2D eigenvalue weighted by atomic mass is 9.78. The molecular weight excluding hydrogens is 1100 g/mol. The Hall–Kier alpha value is -8.22. The van der Waals surface area contributed by atoms with Crippen molar-refractivity contribution in [2.24, 2.45) is 5.92 Å². The molecular formula is C58H60N6O14S3. The van der Waals surface area contributed by atoms with Gasteiger partial charge in [-0.3, -0.25) is 13.8 Å². The molecule has 0 aliphatic heterocycles. The number of nitrogens with zero attached hydrogens (tertiary/aromatic N) is 4. The third-order valence-corrected chi connectivity index (χ3v) is 17.0. The Morgan fingerprint density at radius 1 is 0.728 bits per heavy atom. The van der Waals surface area contributed by atoms with Crippen LogP contribution in [0.15, 0.2) is 161 Å². The van der Waals surface area contributed by atoms with Crippen LogP contribution in [0, 0.1) is 12.8 Å². The highest BCUT2D eigenvalue weighted by Crippen LogP contribution is 2.41. The summed E-state index contributed by atoms with van der Waals surface area (Å²) in [6.45, 7) is 5.84. The van der Waals surface area contributed by atoms with Gasteiger partial charge < -0.3 is 33.7 Å². The number of fused-ring (bicyclic) bond motifs is 1. The lowest BCUT2D eigenvalue weighted by Gasteiger charge is -2.36. The summed E-state index contributed by atoms with van der Waals surface area (Å²) in [4.78, 5) is 43.3. The number of rotatable bonds is 26. The maximum Gasteiger partial charge on any atom is 0.328 e. The number of aromatic nitrogens is 4. The maximum absolute atomic E-state index is 14.7. The number of benzene rings is 6. The first-order valence-electron chi connectivity index (χ1n) is 25.4. The highest BCUT2D eigenvalue weighted by Gasteiger charge is 2.42. The molecule has 0 bridgehead atoms. The van der Waals surface area contributed by atoms with Gasteiger partial charge in [-0.25, -0.2) is 22.9 Å². The Bertz CT molecular complexity index is 3630. The number of carbonyl (C=O) groups excluding carboxylic acids is 3. The van der Waals surface area contributed by atoms with E-state index in [0.717, 1.165) is 16.9 Å². The molecule has 0 aliphatic carbocycles. The molecule has 8 rings (SSSR count). The van der Waals surface area contributed by atoms with Gasteiger partial charge in [0.25, 0.3) is 20.1 Å². The number of sulfonamides is 1. The standard InChI is InChI=1S/C58H60N6O14S3/c1-37(2)54(55(66)59-52(56(67)74-7)31-40-15-21-47(22-16-40)78-49(35-75-39(4)65)36-77-81(70,71)50-28-13-38(3)14-29-50)64-33-44(61-63-64)34-76-48-27-30-51-53(32-48)79-57(60-51)80(68,69)62-58(41-11-9-8-10-12-41,42-17-23-45(72-5)24-18-42)43-19-25-46(73-6)26-20-43/h8-30,32-33,37,49,52,54,62H,31,34-36H2,1-7H3,(H,59,66)/t49?,52-,54?/m0/s1. The summed E-state index contributed by atoms with van der Waals surface area (Å²) in [5.74, 6) is -0.282. The van der Waals surface area contributed by atoms with Crippen LogP contribution in [0.4, 0.5) is 0 Å². The van der Waals surface area contributed by atoms with Gasteiger partial charge >= 0.3 is 11.9 Å². The third-order valence-electron chi connectivity index (χ3n) is 12.9. The number of esters is 2. The third kappa shape index (κ3) is 14.4. The van der Waals surface area contributed by atoms with Gasteiger partial charge in [-0.2, -0.15) is 13.1 Å². The van der Waals surface area contributed by atoms with E-state index < -0.39 is 68.3 Å². The van der Waals surface area contributed by atoms with E-state index in [-0.39, 0.29) is 40.5 Å². The van der Waals surface area contributed by atoms with Gasteiger partial charge in [-0.15, -0.1) is 16.4 Å². The maximum atomic E-state index is 14.7. The van der Waals surface area contributed by atoms with E-state index in [0.29, 0.717) is 55.4 Å². The topological polar surface area (TPSA) is 252 Å². The van der Waals surface area contributed by atoms with Gasteiger partial charge in [0.15, 0.2) is 6.10 Å². The molecule has 2 aromatic heterocycles. The monoisotopic (exact) mass is 1160 g/mol. The van der Waals surface area contributed by atoms with E-state index in [1.54, 1.807) is 99.3 Å². The van der Waals surface area contributed by atoms with Crippen molar-refractivity contribution in [3.63, 3.8) is 0 Å². The molecule has 0 spiro atoms. The summed E-state index contributed by atoms with van der Waals surface area (Å²) in [6.07, 6.45) is 0.579. The molecule has 8 aromatic rings. The second-order valence-corrected chi connectivity index (χ2v) is 23.5. The van der Waals surface area contributed by atoms with Crippen LogP contribution in [0.5, 0.6) is 23.0 Å². The fourth-order valence-electron chi connectivity index (χ4n) is 8.77. The van der Waals surface area contributed by atoms with E-state index in [1.807, 2.05) is 75.4 Å². The predicted molar refractivity (Wildman–Crippen MR) is 300 cm³/mol. The second kappa shape index (κ2) is 25.9. The molecule has 6 aromatic carbocycles. The summed E-state index contributed by atoms with van der Waals surface area (Å²) in [5.41, 5.74) is 2.77. The molecule has 3 atom stereocenters. The van der Waals surface area contributed by atoms with Crippen LogP contribution in [-0.4, -0.2) is 101 Å². The van der Waals surface area contributed by atoms with Gasteiger partial charge in [0.05, 0.1) is 42.6 Å². The van der Waals surface area contributed by atoms with Gasteiger partial charge in [0.1, 0.15) is 66.1 Å². The van der Waals surface area contributed by atoms with Crippen LogP contribution in [0.3, 0.4) is 0 Å². The van der Waals surface area contributed by atoms with Crippen molar-refractivity contribution in [3.8, 4) is 23.0 Å². The smallest absolute Gasteiger partial charge is 0.328 e. The SMILES string of the molecule is COC(=O)[C@H](Cc1ccc(OC(COC(C)=O)COS(=O)(=O)c2ccc(C)cc2)cc1)NC(=O)C(C(C)C)n1cc(COc2ccc3nc(S(=O)(=O)NC(c4ccccc4)(c4ccc(OC)cc4)c4ccc(OC)cc4)sc3c2)nn1. The molecule has 0 saturated heterocycles. The zero-order chi connectivity index (χ0) is 57.9. The van der Waals surface area contributed by atoms with Crippen LogP contribution in [0.1, 0.15) is 60.3 Å². The van der Waals surface area contributed by atoms with E-state index in [2.05, 4.69) is 25.3 Å². The van der Waals surface area contributed by atoms with Crippen LogP contribution in [0.2, 0.25) is 0 Å². The Balaban J connectivity index is 0.931. The van der Waals surface area contributed by atoms with E-state index in [9.17, 15) is 31.2 Å². The fraction of sp³-hybridized carbons (Fsp3) is 0.276. The van der Waals surface area contributed by atoms with Gasteiger partial charge in [0.2, 0.25) is 10.2 Å². The van der Waals surface area contributed by atoms with Crippen molar-refractivity contribution in [3.05, 3.63) is 185 Å². The predicted octanol–water partition coefficient (Wildman–Crippen LogP) is 7.88. The number of methoxy groups -OCH3 is 3. The Kier molecular flexibility index (Phi) is 18.9. The molecule has 2 heterocycles. The lowest BCUT2D eigenvalue weighted by molar-refractivity contribution is -0.145. The number of aryl methyl sites for hydroxylation is 1. The minimum Gasteiger partial charge on any atom is -0.497 e. The molecule has 0 fully saturated rings. The molecule has 2 unspecified atom stereocenters. The molecule has 2 N–H and O–H groups in total. The highest BCUT2D eigenvalue weighted by atomic mass is 32.2. The molecule has 0 saturated carbocycles. The largest absolute Gasteiger partial charge is 0.497 e. The molecule has 0 aliphatic rings. The molecule has 1 amide bonds. The summed E-state index contributed by atoms with van der Waals surface area (Å²) in [7, 11) is -4.18. The Morgan fingerprint density at radius 3 is 1.93 bits per heavy atom. The average Bonchev–Trinajstić information content (AvgIpc) is 4.33. The first-order chi connectivity index (χ1) is 38.8. The van der Waals surface area contributed by atoms with Crippen molar-refractivity contribution in [1.82, 2.24) is 30.0 Å². The second-order valence-electron chi connectivity index (χ2n) is 19.0. The molecule has 424 valence electrons. The van der Waals surface area contributed by atoms with Crippen LogP contribution < -0.4 is 29.0 Å². The highest BCUT2D eigenvalue weighted by molar-refractivity contribution is 7.91. The van der Waals surface area contributed by atoms with Crippen molar-refractivity contribution in [2.45, 2.75) is 73.7 Å². The van der Waals surface area contributed by atoms with Crippen molar-refractivity contribution in [1.29, 1.82) is 0 Å². The number of amides is 1. The Labute approximate surface area is 473 Å². The molecule has 20 nitrogen and oxygen atoms in total. The fourth-order valence-corrected chi connectivity index (χ4v) is 12.3. The minimum absolute atomic E-state index is 0.0185. The van der Waals surface area contributed by atoms with Gasteiger partial charge in [-0.05, 0) is 102 Å². The molecule has 81 heavy (non-hydrogen) atoms. The molecule has 23 heteroatoms. The summed E-state index contributed by atoms with van der Waals surface area (Å²) in [5, 5.41) is 11.3. The van der Waals surface area contributed by atoms with Crippen LogP contribution in [0.25, 0.3) is 10.2 Å². The lowest BCUT2D eigenvalue weighted by Crippen LogP contribution is -2.47. The van der Waals surface area contributed by atoms with Crippen molar-refractivity contribution >= 4 is 59.5 Å². The summed E-state index contributed by atoms with van der Waals surface area (Å²) >= 11 is 0.977. The number of hydrogen-bond acceptors (Lipinski definition) is 18. The number of hydrogen-bond donors (Lipinski definition) is 2. The summed E-state index contributed by atoms with van der Waals surface area (Å²) in [6, 6.07) is 39.2. The number of carbonyl (C=O) groups is 3. The van der Waals surface area contributed by atoms with Crippen LogP contribution in [-0.2, 0) is 66.7 Å². The number of nitrogens with one attached hydrogen (secondary N) is 2. The Morgan fingerprint density at radius 2 is 1.33 bits per heavy atom. The van der Waals surface area contributed by atoms with E-state index in [1.165, 1.54) is 30.8 Å². The number of ether oxygens (including phenoxy) is 6. The number of thiazole rings is 1. The minimum atomic E-state index is -4.35. The zero-order valence-electron chi connectivity index (χ0n) is 45.3. The van der Waals surface area contributed by atoms with Crippen molar-refractivity contribution in [2.75, 3.05) is 34.5 Å². The van der Waals surface area contributed by atoms with E-state index >= 15 is 0 Å². The quantitative estimate of drug-likeness (QED) is 0.0297. The van der Waals surface area contributed by atoms with E-state index in [4.69, 9.17) is 32.6 Å². The normalized spacial score (nSPS) is 13.0.